The Balaban J connectivity index is 1.90. The molecule has 0 aliphatic carbocycles. The van der Waals surface area contributed by atoms with Crippen LogP contribution in [0.2, 0.25) is 0 Å². The molecule has 1 atom stereocenters. The number of anilines is 2. The van der Waals surface area contributed by atoms with E-state index in [2.05, 4.69) is 30.1 Å². The van der Waals surface area contributed by atoms with Crippen LogP contribution in [0.15, 0.2) is 18.2 Å². The average molecular weight is 353 g/mol. The summed E-state index contributed by atoms with van der Waals surface area (Å²) >= 11 is 0. The maximum Gasteiger partial charge on any atom is 0.224 e. The second-order valence-corrected chi connectivity index (χ2v) is 8.76. The fraction of sp³-hybridized carbons (Fsp3) is 0.611. The Morgan fingerprint density at radius 3 is 2.54 bits per heavy atom. The lowest BCUT2D eigenvalue weighted by Gasteiger charge is -2.22. The van der Waals surface area contributed by atoms with Crippen LogP contribution in [-0.4, -0.2) is 38.9 Å². The van der Waals surface area contributed by atoms with Crippen LogP contribution >= 0.6 is 0 Å². The number of nitrogens with one attached hydrogen (secondary N) is 1. The molecule has 1 aliphatic heterocycles. The number of amides is 1. The number of carbonyl (C=O) groups is 1. The van der Waals surface area contributed by atoms with Crippen molar-refractivity contribution in [3.8, 4) is 0 Å². The number of benzene rings is 1. The van der Waals surface area contributed by atoms with Gasteiger partial charge in [0.15, 0.2) is 9.84 Å². The highest BCUT2D eigenvalue weighted by Crippen LogP contribution is 2.25. The number of carbonyl (C=O) groups excluding carboxylic acids is 1. The van der Waals surface area contributed by atoms with E-state index in [1.54, 1.807) is 0 Å². The fourth-order valence-corrected chi connectivity index (χ4v) is 5.13. The smallest absolute Gasteiger partial charge is 0.224 e. The van der Waals surface area contributed by atoms with E-state index in [1.165, 1.54) is 0 Å². The topological polar surface area (TPSA) is 66.5 Å². The summed E-state index contributed by atoms with van der Waals surface area (Å²) in [5.41, 5.74) is 3.03. The van der Waals surface area contributed by atoms with Gasteiger partial charge in [-0.2, -0.15) is 0 Å². The van der Waals surface area contributed by atoms with Crippen molar-refractivity contribution in [1.82, 2.24) is 0 Å². The molecule has 1 aromatic carbocycles. The van der Waals surface area contributed by atoms with Crippen LogP contribution in [0.25, 0.3) is 0 Å². The third-order valence-corrected chi connectivity index (χ3v) is 6.56. The van der Waals surface area contributed by atoms with E-state index in [1.807, 2.05) is 19.1 Å². The summed E-state index contributed by atoms with van der Waals surface area (Å²) in [6.07, 6.45) is 1.70. The summed E-state index contributed by atoms with van der Waals surface area (Å²) in [7, 11) is -2.86. The van der Waals surface area contributed by atoms with E-state index in [-0.39, 0.29) is 23.3 Å². The van der Waals surface area contributed by atoms with Crippen molar-refractivity contribution in [2.24, 2.45) is 5.92 Å². The molecule has 5 nitrogen and oxygen atoms in total. The Hall–Kier alpha value is -1.56. The van der Waals surface area contributed by atoms with Gasteiger partial charge in [0.2, 0.25) is 5.91 Å². The minimum atomic E-state index is -2.86. The maximum absolute atomic E-state index is 12.1. The molecule has 1 saturated heterocycles. The summed E-state index contributed by atoms with van der Waals surface area (Å²) in [6, 6.07) is 6.06. The number of aryl methyl sites for hydroxylation is 1. The first-order valence-electron chi connectivity index (χ1n) is 8.70. The number of sulfone groups is 1. The molecule has 1 N–H and O–H groups in total. The molecule has 0 aromatic heterocycles. The van der Waals surface area contributed by atoms with Gasteiger partial charge in [-0.1, -0.05) is 0 Å². The van der Waals surface area contributed by atoms with Crippen molar-refractivity contribution in [1.29, 1.82) is 0 Å². The Kier molecular flexibility index (Phi) is 6.27. The quantitative estimate of drug-likeness (QED) is 0.819. The molecule has 0 radical (unpaired) electrons. The highest BCUT2D eigenvalue weighted by atomic mass is 32.2. The molecule has 0 bridgehead atoms. The first-order chi connectivity index (χ1) is 11.3. The normalized spacial score (nSPS) is 19.2. The van der Waals surface area contributed by atoms with Crippen molar-refractivity contribution < 1.29 is 13.2 Å². The molecule has 1 amide bonds. The Bertz CT molecular complexity index is 682. The maximum atomic E-state index is 12.1. The van der Waals surface area contributed by atoms with Gasteiger partial charge in [-0.15, -0.1) is 0 Å². The van der Waals surface area contributed by atoms with Crippen molar-refractivity contribution in [2.45, 2.75) is 40.0 Å². The average Bonchev–Trinajstić information content (AvgIpc) is 2.88. The van der Waals surface area contributed by atoms with E-state index >= 15 is 0 Å². The highest BCUT2D eigenvalue weighted by molar-refractivity contribution is 7.91. The number of nitrogens with zero attached hydrogens (tertiary/aromatic N) is 1. The van der Waals surface area contributed by atoms with E-state index in [0.717, 1.165) is 30.0 Å². The van der Waals surface area contributed by atoms with Crippen LogP contribution < -0.4 is 10.2 Å². The van der Waals surface area contributed by atoms with Gasteiger partial charge >= 0.3 is 0 Å². The van der Waals surface area contributed by atoms with E-state index in [4.69, 9.17) is 0 Å². The van der Waals surface area contributed by atoms with E-state index in [0.29, 0.717) is 19.3 Å². The zero-order chi connectivity index (χ0) is 17.7. The highest BCUT2D eigenvalue weighted by Gasteiger charge is 2.27. The van der Waals surface area contributed by atoms with Crippen LogP contribution in [0.3, 0.4) is 0 Å². The first-order valence-corrected chi connectivity index (χ1v) is 10.5. The second-order valence-electron chi connectivity index (χ2n) is 6.53. The molecule has 24 heavy (non-hydrogen) atoms. The second kappa shape index (κ2) is 8.01. The Morgan fingerprint density at radius 1 is 1.29 bits per heavy atom. The van der Waals surface area contributed by atoms with Gasteiger partial charge in [0, 0.05) is 30.9 Å². The van der Waals surface area contributed by atoms with Crippen molar-refractivity contribution in [3.05, 3.63) is 23.8 Å². The summed E-state index contributed by atoms with van der Waals surface area (Å²) in [5, 5.41) is 2.95. The zero-order valence-corrected chi connectivity index (χ0v) is 15.7. The van der Waals surface area contributed by atoms with E-state index < -0.39 is 9.84 Å². The summed E-state index contributed by atoms with van der Waals surface area (Å²) in [4.78, 5) is 14.4. The van der Waals surface area contributed by atoms with Gasteiger partial charge in [0.1, 0.15) is 0 Å². The fourth-order valence-electron chi connectivity index (χ4n) is 3.22. The zero-order valence-electron chi connectivity index (χ0n) is 14.8. The van der Waals surface area contributed by atoms with Gasteiger partial charge in [0.25, 0.3) is 0 Å². The predicted octanol–water partition coefficient (Wildman–Crippen LogP) is 2.99. The monoisotopic (exact) mass is 352 g/mol. The molecule has 2 rings (SSSR count). The van der Waals surface area contributed by atoms with Gasteiger partial charge in [-0.25, -0.2) is 8.42 Å². The summed E-state index contributed by atoms with van der Waals surface area (Å²) in [5.74, 6) is 0.591. The predicted molar refractivity (Wildman–Crippen MR) is 99.4 cm³/mol. The van der Waals surface area contributed by atoms with Crippen LogP contribution in [0.5, 0.6) is 0 Å². The number of hydrogen-bond donors (Lipinski definition) is 1. The van der Waals surface area contributed by atoms with Crippen LogP contribution in [0.4, 0.5) is 11.4 Å². The first kappa shape index (κ1) is 18.8. The van der Waals surface area contributed by atoms with Crippen molar-refractivity contribution in [2.75, 3.05) is 34.8 Å². The number of rotatable bonds is 7. The number of hydrogen-bond acceptors (Lipinski definition) is 4. The van der Waals surface area contributed by atoms with Gasteiger partial charge in [-0.05, 0) is 63.3 Å². The standard InChI is InChI=1S/C18H28N2O3S/c1-4-20(5-2)16-7-8-17(14(3)12-16)19-18(21)9-6-15-10-11-24(22,23)13-15/h7-8,12,15H,4-6,9-11,13H2,1-3H3,(H,19,21). The lowest BCUT2D eigenvalue weighted by atomic mass is 10.0. The molecule has 1 fully saturated rings. The SMILES string of the molecule is CCN(CC)c1ccc(NC(=O)CCC2CCS(=O)(=O)C2)c(C)c1. The molecule has 1 unspecified atom stereocenters. The van der Waals surface area contributed by atoms with Crippen LogP contribution in [0, 0.1) is 12.8 Å². The molecule has 0 spiro atoms. The van der Waals surface area contributed by atoms with Crippen LogP contribution in [0.1, 0.15) is 38.7 Å². The van der Waals surface area contributed by atoms with Gasteiger partial charge < -0.3 is 10.2 Å². The summed E-state index contributed by atoms with van der Waals surface area (Å²) < 4.78 is 22.9. The molecule has 1 aliphatic rings. The Morgan fingerprint density at radius 2 is 2.00 bits per heavy atom. The molecule has 0 saturated carbocycles. The lowest BCUT2D eigenvalue weighted by Crippen LogP contribution is -2.22. The Labute approximate surface area is 145 Å². The minimum absolute atomic E-state index is 0.0435. The largest absolute Gasteiger partial charge is 0.372 e. The molecule has 134 valence electrons. The minimum Gasteiger partial charge on any atom is -0.372 e. The third kappa shape index (κ3) is 4.97. The van der Waals surface area contributed by atoms with Crippen LogP contribution in [-0.2, 0) is 14.6 Å². The molecular formula is C18H28N2O3S. The molecular weight excluding hydrogens is 324 g/mol. The van der Waals surface area contributed by atoms with E-state index in [9.17, 15) is 13.2 Å². The van der Waals surface area contributed by atoms with Crippen molar-refractivity contribution in [3.63, 3.8) is 0 Å². The summed E-state index contributed by atoms with van der Waals surface area (Å²) in [6.45, 7) is 8.14. The molecule has 1 heterocycles. The molecule has 6 heteroatoms. The third-order valence-electron chi connectivity index (χ3n) is 4.72. The van der Waals surface area contributed by atoms with Gasteiger partial charge in [-0.3, -0.25) is 4.79 Å². The van der Waals surface area contributed by atoms with Gasteiger partial charge in [0.05, 0.1) is 11.5 Å². The molecule has 1 aromatic rings. The van der Waals surface area contributed by atoms with Crippen molar-refractivity contribution >= 4 is 27.1 Å². The lowest BCUT2D eigenvalue weighted by molar-refractivity contribution is -0.116.